The van der Waals surface area contributed by atoms with Gasteiger partial charge in [-0.25, -0.2) is 0 Å². The molecule has 0 spiro atoms. The van der Waals surface area contributed by atoms with E-state index in [4.69, 9.17) is 0 Å². The highest BCUT2D eigenvalue weighted by molar-refractivity contribution is 5.78. The monoisotopic (exact) mass is 295 g/mol. The number of amides is 1. The van der Waals surface area contributed by atoms with Gasteiger partial charge in [-0.2, -0.15) is 0 Å². The van der Waals surface area contributed by atoms with Crippen molar-refractivity contribution in [2.75, 3.05) is 6.54 Å². The minimum absolute atomic E-state index is 0.00801. The van der Waals surface area contributed by atoms with Crippen molar-refractivity contribution in [3.05, 3.63) is 65.2 Å². The number of rotatable bonds is 4. The lowest BCUT2D eigenvalue weighted by Crippen LogP contribution is -2.31. The lowest BCUT2D eigenvalue weighted by atomic mass is 9.83. The van der Waals surface area contributed by atoms with Gasteiger partial charge in [-0.3, -0.25) is 4.79 Å². The normalized spacial score (nSPS) is 16.8. The molecule has 0 aliphatic heterocycles. The lowest BCUT2D eigenvalue weighted by molar-refractivity contribution is -0.120. The van der Waals surface area contributed by atoms with E-state index in [1.165, 1.54) is 17.5 Å². The average Bonchev–Trinajstić information content (AvgIpc) is 2.53. The average molecular weight is 295 g/mol. The van der Waals surface area contributed by atoms with Crippen LogP contribution in [0.5, 0.6) is 5.75 Å². The summed E-state index contributed by atoms with van der Waals surface area (Å²) in [6, 6.07) is 15.4. The number of aryl methyl sites for hydroxylation is 1. The van der Waals surface area contributed by atoms with Gasteiger partial charge in [0.25, 0.3) is 0 Å². The Hall–Kier alpha value is -2.29. The number of hydrogen-bond acceptors (Lipinski definition) is 2. The molecule has 22 heavy (non-hydrogen) atoms. The molecule has 0 saturated carbocycles. The van der Waals surface area contributed by atoms with Gasteiger partial charge in [0, 0.05) is 12.5 Å². The van der Waals surface area contributed by atoms with Gasteiger partial charge in [-0.1, -0.05) is 36.4 Å². The van der Waals surface area contributed by atoms with Crippen LogP contribution in [0.25, 0.3) is 0 Å². The molecule has 0 unspecified atom stereocenters. The predicted octanol–water partition coefficient (Wildman–Crippen LogP) is 3.17. The Morgan fingerprint density at radius 3 is 2.91 bits per heavy atom. The second-order valence-corrected chi connectivity index (χ2v) is 5.94. The molecule has 0 heterocycles. The molecule has 2 aromatic carbocycles. The zero-order valence-corrected chi connectivity index (χ0v) is 12.6. The fourth-order valence-electron chi connectivity index (χ4n) is 3.22. The molecular formula is C19H21NO2. The Kier molecular flexibility index (Phi) is 4.42. The summed E-state index contributed by atoms with van der Waals surface area (Å²) < 4.78 is 0. The third-order valence-corrected chi connectivity index (χ3v) is 4.31. The fraction of sp³-hybridized carbons (Fsp3) is 0.316. The highest BCUT2D eigenvalue weighted by Crippen LogP contribution is 2.30. The second-order valence-electron chi connectivity index (χ2n) is 5.94. The van der Waals surface area contributed by atoms with Crippen LogP contribution in [-0.2, 0) is 17.6 Å². The molecule has 2 N–H and O–H groups in total. The lowest BCUT2D eigenvalue weighted by Gasteiger charge is -2.25. The molecule has 0 bridgehead atoms. The van der Waals surface area contributed by atoms with Crippen LogP contribution < -0.4 is 5.32 Å². The number of carbonyl (C=O) groups is 1. The molecule has 0 radical (unpaired) electrons. The van der Waals surface area contributed by atoms with Gasteiger partial charge in [0.2, 0.25) is 5.91 Å². The number of aromatic hydroxyl groups is 1. The van der Waals surface area contributed by atoms with E-state index in [-0.39, 0.29) is 11.7 Å². The van der Waals surface area contributed by atoms with Gasteiger partial charge >= 0.3 is 0 Å². The number of nitrogens with one attached hydrogen (secondary N) is 1. The molecule has 1 aliphatic rings. The zero-order chi connectivity index (χ0) is 15.4. The van der Waals surface area contributed by atoms with Gasteiger partial charge in [-0.15, -0.1) is 0 Å². The third-order valence-electron chi connectivity index (χ3n) is 4.31. The third kappa shape index (κ3) is 3.48. The largest absolute Gasteiger partial charge is 0.508 e. The predicted molar refractivity (Wildman–Crippen MR) is 86.9 cm³/mol. The van der Waals surface area contributed by atoms with Crippen LogP contribution >= 0.6 is 0 Å². The van der Waals surface area contributed by atoms with Crippen LogP contribution in [0, 0.1) is 0 Å². The summed E-state index contributed by atoms with van der Waals surface area (Å²) in [5.41, 5.74) is 3.63. The summed E-state index contributed by atoms with van der Waals surface area (Å²) in [5, 5.41) is 12.5. The first-order chi connectivity index (χ1) is 10.7. The standard InChI is InChI=1S/C19H21NO2/c21-17-9-3-5-14(11-17)12-19(22)20-13-16-8-4-7-15-6-1-2-10-18(15)16/h1-3,5-6,9-11,16,21H,4,7-8,12-13H2,(H,20,22)/t16-/m1/s1. The van der Waals surface area contributed by atoms with Crippen LogP contribution in [0.15, 0.2) is 48.5 Å². The van der Waals surface area contributed by atoms with Crippen LogP contribution in [-0.4, -0.2) is 17.6 Å². The van der Waals surface area contributed by atoms with E-state index < -0.39 is 0 Å². The number of hydrogen-bond donors (Lipinski definition) is 2. The first-order valence-electron chi connectivity index (χ1n) is 7.85. The molecule has 0 aromatic heterocycles. The Bertz CT molecular complexity index is 666. The summed E-state index contributed by atoms with van der Waals surface area (Å²) in [6.07, 6.45) is 3.76. The van der Waals surface area contributed by atoms with Crippen LogP contribution in [0.1, 0.15) is 35.4 Å². The minimum atomic E-state index is 0.00801. The van der Waals surface area contributed by atoms with E-state index in [0.717, 1.165) is 18.4 Å². The van der Waals surface area contributed by atoms with Gasteiger partial charge < -0.3 is 10.4 Å². The Morgan fingerprint density at radius 1 is 1.18 bits per heavy atom. The molecule has 3 rings (SSSR count). The number of benzene rings is 2. The summed E-state index contributed by atoms with van der Waals surface area (Å²) in [4.78, 5) is 12.1. The summed E-state index contributed by atoms with van der Waals surface area (Å²) in [7, 11) is 0. The Morgan fingerprint density at radius 2 is 2.05 bits per heavy atom. The van der Waals surface area contributed by atoms with E-state index in [1.54, 1.807) is 18.2 Å². The molecular weight excluding hydrogens is 274 g/mol. The number of phenolic OH excluding ortho intramolecular Hbond substituents is 1. The Balaban J connectivity index is 1.58. The molecule has 1 atom stereocenters. The van der Waals surface area contributed by atoms with Crippen LogP contribution in [0.4, 0.5) is 0 Å². The Labute approximate surface area is 131 Å². The van der Waals surface area contributed by atoms with Crippen molar-refractivity contribution in [2.24, 2.45) is 0 Å². The van der Waals surface area contributed by atoms with Crippen molar-refractivity contribution < 1.29 is 9.90 Å². The highest BCUT2D eigenvalue weighted by Gasteiger charge is 2.20. The minimum Gasteiger partial charge on any atom is -0.508 e. The van der Waals surface area contributed by atoms with Crippen molar-refractivity contribution in [3.8, 4) is 5.75 Å². The number of phenols is 1. The quantitative estimate of drug-likeness (QED) is 0.910. The summed E-state index contributed by atoms with van der Waals surface area (Å²) >= 11 is 0. The van der Waals surface area contributed by atoms with Crippen molar-refractivity contribution in [1.82, 2.24) is 5.32 Å². The smallest absolute Gasteiger partial charge is 0.224 e. The zero-order valence-electron chi connectivity index (χ0n) is 12.6. The van der Waals surface area contributed by atoms with Gasteiger partial charge in [0.05, 0.1) is 6.42 Å². The number of carbonyl (C=O) groups excluding carboxylic acids is 1. The molecule has 114 valence electrons. The fourth-order valence-corrected chi connectivity index (χ4v) is 3.22. The van der Waals surface area contributed by atoms with Crippen molar-refractivity contribution >= 4 is 5.91 Å². The van der Waals surface area contributed by atoms with Crippen LogP contribution in [0.2, 0.25) is 0 Å². The maximum Gasteiger partial charge on any atom is 0.224 e. The van der Waals surface area contributed by atoms with Crippen molar-refractivity contribution in [3.63, 3.8) is 0 Å². The summed E-state index contributed by atoms with van der Waals surface area (Å²) in [6.45, 7) is 0.689. The van der Waals surface area contributed by atoms with E-state index in [2.05, 4.69) is 29.6 Å². The molecule has 1 amide bonds. The van der Waals surface area contributed by atoms with E-state index in [9.17, 15) is 9.90 Å². The van der Waals surface area contributed by atoms with Crippen molar-refractivity contribution in [2.45, 2.75) is 31.6 Å². The molecule has 0 fully saturated rings. The highest BCUT2D eigenvalue weighted by atomic mass is 16.3. The maximum absolute atomic E-state index is 12.1. The van der Waals surface area contributed by atoms with Gasteiger partial charge in [0.1, 0.15) is 5.75 Å². The number of fused-ring (bicyclic) bond motifs is 1. The molecule has 2 aromatic rings. The maximum atomic E-state index is 12.1. The second kappa shape index (κ2) is 6.65. The van der Waals surface area contributed by atoms with Crippen molar-refractivity contribution in [1.29, 1.82) is 0 Å². The topological polar surface area (TPSA) is 49.3 Å². The first kappa shape index (κ1) is 14.6. The molecule has 3 heteroatoms. The van der Waals surface area contributed by atoms with Gasteiger partial charge in [-0.05, 0) is 48.1 Å². The van der Waals surface area contributed by atoms with Gasteiger partial charge in [0.15, 0.2) is 0 Å². The van der Waals surface area contributed by atoms with Crippen LogP contribution in [0.3, 0.4) is 0 Å². The summed E-state index contributed by atoms with van der Waals surface area (Å²) in [5.74, 6) is 0.623. The van der Waals surface area contributed by atoms with E-state index >= 15 is 0 Å². The molecule has 1 aliphatic carbocycles. The SMILES string of the molecule is O=C(Cc1cccc(O)c1)NC[C@H]1CCCc2ccccc21. The molecule has 3 nitrogen and oxygen atoms in total. The van der Waals surface area contributed by atoms with E-state index in [0.29, 0.717) is 18.9 Å². The molecule has 0 saturated heterocycles. The first-order valence-corrected chi connectivity index (χ1v) is 7.85. The van der Waals surface area contributed by atoms with E-state index in [1.807, 2.05) is 6.07 Å².